The van der Waals surface area contributed by atoms with Crippen molar-refractivity contribution in [3.8, 4) is 118 Å². The molecule has 11 nitrogen and oxygen atoms in total. The van der Waals surface area contributed by atoms with Crippen LogP contribution in [0, 0.1) is 6.07 Å². The smallest absolute Gasteiger partial charge is 0.545 e. The number of ether oxygens (including phenoxy) is 2. The molecule has 0 atom stereocenters. The SMILES string of the molecule is CCCCCCCCc1ccc(-c2ccc(-c3cc[c-]c(-c4cc(-c5ccc(-c6ccc(CCCCCCCC)s6)s5)cc(-c5cc(-c6ccc(-c7ccc(CCCCCCCC)s7)s6)ccn5)n4)c3)s2)s1.O=COc1ccnc(-c2cc(OC=O)cc(-c3cc(C(=O)[O-])ccn3)n2)c1.[Ru+]. The maximum absolute atomic E-state index is 11.1. The minimum absolute atomic E-state index is 0. The number of carboxylic acid groups (broad SMARTS) is 1. The first-order valence-electron chi connectivity index (χ1n) is 34.6. The number of benzene rings is 1. The molecule has 0 unspecified atom stereocenters. The zero-order valence-corrected chi connectivity index (χ0v) is 63.3. The standard InChI is InChI=1S/C64H71N2S6.C18H11N3O6.Ru/c1-4-7-10-13-16-19-25-50-28-31-59(67-50)62-37-34-56(70-62)47-24-22-23-46(42-47)53-44-49(58-36-39-64(72-58)61-33-30-52(69-61)27-21-18-15-12-9-6-3)45-55(66-53)54-43-48(40-41-65-54)57-35-38-63(71-57)60-32-29-51(68-60)26-20-17-14-11-8-5-2;22-9-26-12-2-4-20-15(6-12)17-8-13(27-10-23)7-16(21-17)14-5-11(18(24)25)1-3-19-14;/h22,24,28-45H,4-21,25-27H2,1-3H3;1-10H,(H,24,25);/q-1;;+1/p-1. The van der Waals surface area contributed by atoms with Crippen molar-refractivity contribution in [3.05, 3.63) is 197 Å². The van der Waals surface area contributed by atoms with E-state index in [4.69, 9.17) is 19.4 Å². The fourth-order valence-electron chi connectivity index (χ4n) is 11.8. The van der Waals surface area contributed by atoms with E-state index in [1.54, 1.807) is 0 Å². The number of pyridine rings is 5. The summed E-state index contributed by atoms with van der Waals surface area (Å²) < 4.78 is 9.68. The van der Waals surface area contributed by atoms with Crippen molar-refractivity contribution in [2.75, 3.05) is 0 Å². The van der Waals surface area contributed by atoms with Crippen molar-refractivity contribution >= 4 is 86.9 Å². The van der Waals surface area contributed by atoms with E-state index in [1.165, 1.54) is 253 Å². The van der Waals surface area contributed by atoms with Crippen molar-refractivity contribution in [1.29, 1.82) is 0 Å². The molecule has 100 heavy (non-hydrogen) atoms. The largest absolute Gasteiger partial charge is 1.00 e. The van der Waals surface area contributed by atoms with E-state index >= 15 is 0 Å². The zero-order chi connectivity index (χ0) is 68.6. The normalized spacial score (nSPS) is 11.1. The summed E-state index contributed by atoms with van der Waals surface area (Å²) in [7, 11) is 0. The number of thiophene rings is 6. The number of nitrogens with zero attached hydrogens (tertiary/aromatic N) is 5. The Hall–Kier alpha value is -7.80. The Balaban J connectivity index is 0.000000322. The fraction of sp³-hybridized carbons (Fsp3) is 0.293. The van der Waals surface area contributed by atoms with Gasteiger partial charge in [0.2, 0.25) is 0 Å². The number of unbranched alkanes of at least 4 members (excludes halogenated alkanes) is 15. The molecule has 18 heteroatoms. The number of carbonyl (C=O) groups is 3. The van der Waals surface area contributed by atoms with E-state index < -0.39 is 5.97 Å². The van der Waals surface area contributed by atoms with Crippen LogP contribution in [-0.4, -0.2) is 43.8 Å². The van der Waals surface area contributed by atoms with Crippen LogP contribution in [0.5, 0.6) is 11.5 Å². The van der Waals surface area contributed by atoms with Crippen LogP contribution in [0.3, 0.4) is 0 Å². The second-order valence-electron chi connectivity index (χ2n) is 24.5. The van der Waals surface area contributed by atoms with Crippen molar-refractivity contribution in [2.45, 2.75) is 156 Å². The van der Waals surface area contributed by atoms with Gasteiger partial charge in [0.1, 0.15) is 11.5 Å². The Bertz CT molecular complexity index is 4430. The summed E-state index contributed by atoms with van der Waals surface area (Å²) in [6.07, 6.45) is 32.2. The summed E-state index contributed by atoms with van der Waals surface area (Å²) in [5.74, 6) is -0.967. The number of rotatable bonds is 36. The molecule has 0 aliphatic rings. The molecule has 0 aliphatic carbocycles. The fourth-order valence-corrected chi connectivity index (χ4v) is 18.2. The third-order valence-corrected chi connectivity index (χ3v) is 24.5. The summed E-state index contributed by atoms with van der Waals surface area (Å²) >= 11 is 11.5. The van der Waals surface area contributed by atoms with Gasteiger partial charge in [0, 0.05) is 101 Å². The molecule has 0 spiro atoms. The molecular formula is C82H81N5O6RuS6-. The average molecular weight is 1530 g/mol. The summed E-state index contributed by atoms with van der Waals surface area (Å²) in [6, 6.07) is 55.3. The molecule has 0 saturated carbocycles. The van der Waals surface area contributed by atoms with E-state index in [2.05, 4.69) is 157 Å². The molecule has 0 amide bonds. The maximum atomic E-state index is 11.1. The third-order valence-electron chi connectivity index (χ3n) is 17.1. The molecule has 11 heterocycles. The predicted molar refractivity (Wildman–Crippen MR) is 411 cm³/mol. The Kier molecular flexibility index (Phi) is 29.1. The van der Waals surface area contributed by atoms with Crippen molar-refractivity contribution in [2.24, 2.45) is 0 Å². The van der Waals surface area contributed by atoms with Crippen LogP contribution in [0.4, 0.5) is 0 Å². The van der Waals surface area contributed by atoms with E-state index in [-0.39, 0.29) is 60.9 Å². The van der Waals surface area contributed by atoms with Gasteiger partial charge in [0.05, 0.1) is 40.1 Å². The second kappa shape index (κ2) is 38.9. The van der Waals surface area contributed by atoms with Crippen molar-refractivity contribution in [3.63, 3.8) is 0 Å². The zero-order valence-electron chi connectivity index (χ0n) is 56.7. The molecule has 0 bridgehead atoms. The van der Waals surface area contributed by atoms with E-state index in [0.717, 1.165) is 28.2 Å². The van der Waals surface area contributed by atoms with Crippen LogP contribution >= 0.6 is 68.0 Å². The molecule has 0 aliphatic heterocycles. The minimum atomic E-state index is -1.36. The Morgan fingerprint density at radius 3 is 1.26 bits per heavy atom. The molecule has 11 aromatic heterocycles. The van der Waals surface area contributed by atoms with Crippen molar-refractivity contribution in [1.82, 2.24) is 24.9 Å². The monoisotopic (exact) mass is 1530 g/mol. The Morgan fingerprint density at radius 1 is 0.380 bits per heavy atom. The molecule has 1 radical (unpaired) electrons. The number of aryl methyl sites for hydroxylation is 3. The Morgan fingerprint density at radius 2 is 0.750 bits per heavy atom. The first kappa shape index (κ1) is 74.9. The van der Waals surface area contributed by atoms with Gasteiger partial charge in [0.25, 0.3) is 12.9 Å². The van der Waals surface area contributed by atoms with E-state index in [0.29, 0.717) is 11.4 Å². The number of carboxylic acids is 1. The molecular weight excluding hydrogens is 1440 g/mol. The number of aromatic carboxylic acids is 1. The quantitative estimate of drug-likeness (QED) is 0.0159. The van der Waals surface area contributed by atoms with Crippen LogP contribution in [0.25, 0.3) is 106 Å². The van der Waals surface area contributed by atoms with Crippen molar-refractivity contribution < 1.29 is 48.4 Å². The summed E-state index contributed by atoms with van der Waals surface area (Å²) in [4.78, 5) is 71.6. The summed E-state index contributed by atoms with van der Waals surface area (Å²) in [5, 5.41) is 11.1. The second-order valence-corrected chi connectivity index (χ2v) is 31.2. The molecule has 515 valence electrons. The van der Waals surface area contributed by atoms with Gasteiger partial charge in [-0.15, -0.1) is 97.8 Å². The van der Waals surface area contributed by atoms with Gasteiger partial charge in [0.15, 0.2) is 0 Å². The number of hydrogen-bond donors (Lipinski definition) is 0. The minimum Gasteiger partial charge on any atom is -0.545 e. The predicted octanol–water partition coefficient (Wildman–Crippen LogP) is 23.3. The van der Waals surface area contributed by atoms with Gasteiger partial charge in [-0.25, -0.2) is 4.98 Å². The number of aromatic nitrogens is 5. The third kappa shape index (κ3) is 21.2. The first-order chi connectivity index (χ1) is 48.6. The number of carbonyl (C=O) groups excluding carboxylic acids is 3. The summed E-state index contributed by atoms with van der Waals surface area (Å²) in [5.41, 5.74) is 8.19. The van der Waals surface area contributed by atoms with E-state index in [1.807, 2.05) is 74.2 Å². The molecule has 0 N–H and O–H groups in total. The van der Waals surface area contributed by atoms with E-state index in [9.17, 15) is 19.5 Å². The molecule has 1 aromatic carbocycles. The summed E-state index contributed by atoms with van der Waals surface area (Å²) in [6.45, 7) is 7.39. The average Bonchev–Trinajstić information content (AvgIpc) is 1.33. The Labute approximate surface area is 624 Å². The van der Waals surface area contributed by atoms with Gasteiger partial charge < -0.3 is 19.4 Å². The van der Waals surface area contributed by atoms with Gasteiger partial charge >= 0.3 is 19.5 Å². The molecule has 0 saturated heterocycles. The van der Waals surface area contributed by atoms with Gasteiger partial charge in [-0.05, 0) is 165 Å². The van der Waals surface area contributed by atoms with Gasteiger partial charge in [-0.2, -0.15) is 0 Å². The van der Waals surface area contributed by atoms with Crippen LogP contribution in [0.15, 0.2) is 170 Å². The first-order valence-corrected chi connectivity index (χ1v) is 39.5. The van der Waals surface area contributed by atoms with Crippen LogP contribution in [0.2, 0.25) is 0 Å². The van der Waals surface area contributed by atoms with Crippen LogP contribution in [0.1, 0.15) is 161 Å². The van der Waals surface area contributed by atoms with Crippen LogP contribution < -0.4 is 14.6 Å². The molecule has 0 fully saturated rings. The molecule has 12 rings (SSSR count). The van der Waals surface area contributed by atoms with Gasteiger partial charge in [-0.1, -0.05) is 129 Å². The number of hydrogen-bond acceptors (Lipinski definition) is 17. The molecule has 12 aromatic rings. The van der Waals surface area contributed by atoms with Gasteiger partial charge in [-0.3, -0.25) is 29.5 Å². The topological polar surface area (TPSA) is 157 Å². The van der Waals surface area contributed by atoms with Crippen LogP contribution in [-0.2, 0) is 48.3 Å². The maximum Gasteiger partial charge on any atom is 1.00 e.